The molecule has 8 heteroatoms. The van der Waals surface area contributed by atoms with Crippen molar-refractivity contribution in [2.75, 3.05) is 24.4 Å². The number of carbonyl (C=O) groups is 2. The van der Waals surface area contributed by atoms with Crippen LogP contribution in [-0.2, 0) is 16.0 Å². The SMILES string of the molecule is COc1ccc(NC(=O)Cc2csc(NC(=O)OCC(C)C)n2)cc1. The summed E-state index contributed by atoms with van der Waals surface area (Å²) in [6, 6.07) is 7.05. The number of carbonyl (C=O) groups excluding carboxylic acids is 2. The van der Waals surface area contributed by atoms with Crippen LogP contribution in [0.1, 0.15) is 19.5 Å². The molecule has 0 saturated carbocycles. The van der Waals surface area contributed by atoms with Crippen LogP contribution in [0.5, 0.6) is 5.75 Å². The van der Waals surface area contributed by atoms with Gasteiger partial charge in [0.05, 0.1) is 25.8 Å². The van der Waals surface area contributed by atoms with E-state index in [0.717, 1.165) is 5.75 Å². The molecule has 25 heavy (non-hydrogen) atoms. The van der Waals surface area contributed by atoms with Gasteiger partial charge >= 0.3 is 6.09 Å². The molecule has 1 aromatic carbocycles. The minimum Gasteiger partial charge on any atom is -0.497 e. The molecule has 0 radical (unpaired) electrons. The lowest BCUT2D eigenvalue weighted by Gasteiger charge is -2.06. The Bertz CT molecular complexity index is 713. The molecule has 0 saturated heterocycles. The van der Waals surface area contributed by atoms with Gasteiger partial charge in [0, 0.05) is 11.1 Å². The molecule has 0 atom stereocenters. The van der Waals surface area contributed by atoms with Crippen LogP contribution in [0.3, 0.4) is 0 Å². The van der Waals surface area contributed by atoms with Gasteiger partial charge in [0.2, 0.25) is 5.91 Å². The molecule has 0 aliphatic carbocycles. The maximum Gasteiger partial charge on any atom is 0.413 e. The van der Waals surface area contributed by atoms with E-state index in [2.05, 4.69) is 15.6 Å². The van der Waals surface area contributed by atoms with Gasteiger partial charge in [-0.3, -0.25) is 10.1 Å². The fraction of sp³-hybridized carbons (Fsp3) is 0.353. The Kier molecular flexibility index (Phi) is 6.76. The van der Waals surface area contributed by atoms with E-state index in [1.54, 1.807) is 36.8 Å². The highest BCUT2D eigenvalue weighted by molar-refractivity contribution is 7.13. The minimum absolute atomic E-state index is 0.116. The van der Waals surface area contributed by atoms with Crippen molar-refractivity contribution in [2.45, 2.75) is 20.3 Å². The maximum atomic E-state index is 12.1. The van der Waals surface area contributed by atoms with Crippen molar-refractivity contribution in [3.8, 4) is 5.75 Å². The number of hydrogen-bond donors (Lipinski definition) is 2. The molecule has 2 aromatic rings. The van der Waals surface area contributed by atoms with Crippen LogP contribution in [0.2, 0.25) is 0 Å². The van der Waals surface area contributed by atoms with E-state index < -0.39 is 6.09 Å². The van der Waals surface area contributed by atoms with Gasteiger partial charge in [-0.05, 0) is 30.2 Å². The molecule has 2 N–H and O–H groups in total. The summed E-state index contributed by atoms with van der Waals surface area (Å²) in [6.45, 7) is 4.25. The van der Waals surface area contributed by atoms with Gasteiger partial charge in [0.25, 0.3) is 0 Å². The number of aromatic nitrogens is 1. The van der Waals surface area contributed by atoms with Crippen molar-refractivity contribution in [1.29, 1.82) is 0 Å². The molecule has 7 nitrogen and oxygen atoms in total. The van der Waals surface area contributed by atoms with E-state index in [1.165, 1.54) is 11.3 Å². The highest BCUT2D eigenvalue weighted by atomic mass is 32.1. The third-order valence-corrected chi connectivity index (χ3v) is 3.83. The van der Waals surface area contributed by atoms with Crippen LogP contribution < -0.4 is 15.4 Å². The zero-order chi connectivity index (χ0) is 18.2. The normalized spacial score (nSPS) is 10.4. The Hall–Kier alpha value is -2.61. The van der Waals surface area contributed by atoms with Crippen LogP contribution in [0.25, 0.3) is 0 Å². The van der Waals surface area contributed by atoms with Crippen molar-refractivity contribution in [3.05, 3.63) is 35.3 Å². The molecule has 0 aliphatic rings. The molecule has 0 unspecified atom stereocenters. The minimum atomic E-state index is -0.544. The van der Waals surface area contributed by atoms with Gasteiger partial charge < -0.3 is 14.8 Å². The second kappa shape index (κ2) is 9.03. The predicted octanol–water partition coefficient (Wildman–Crippen LogP) is 3.54. The number of rotatable bonds is 7. The predicted molar refractivity (Wildman–Crippen MR) is 97.3 cm³/mol. The standard InChI is InChI=1S/C17H21N3O4S/c1-11(2)9-24-17(22)20-16-19-13(10-25-16)8-15(21)18-12-4-6-14(23-3)7-5-12/h4-7,10-11H,8-9H2,1-3H3,(H,18,21)(H,19,20,22). The summed E-state index contributed by atoms with van der Waals surface area (Å²) in [4.78, 5) is 27.9. The van der Waals surface area contributed by atoms with Crippen molar-refractivity contribution in [3.63, 3.8) is 0 Å². The molecular weight excluding hydrogens is 342 g/mol. The lowest BCUT2D eigenvalue weighted by molar-refractivity contribution is -0.115. The molecule has 2 amide bonds. The number of thiazole rings is 1. The van der Waals surface area contributed by atoms with Gasteiger partial charge in [-0.2, -0.15) is 0 Å². The van der Waals surface area contributed by atoms with Crippen LogP contribution in [0.4, 0.5) is 15.6 Å². The van der Waals surface area contributed by atoms with Gasteiger partial charge in [-0.1, -0.05) is 13.8 Å². The molecule has 0 spiro atoms. The summed E-state index contributed by atoms with van der Waals surface area (Å²) in [5, 5.41) is 7.47. The van der Waals surface area contributed by atoms with Gasteiger partial charge in [0.15, 0.2) is 5.13 Å². The first-order valence-electron chi connectivity index (χ1n) is 7.78. The highest BCUT2D eigenvalue weighted by Gasteiger charge is 2.11. The summed E-state index contributed by atoms with van der Waals surface area (Å²) < 4.78 is 10.1. The number of amides is 2. The van der Waals surface area contributed by atoms with Crippen molar-refractivity contribution in [2.24, 2.45) is 5.92 Å². The molecule has 0 fully saturated rings. The zero-order valence-corrected chi connectivity index (χ0v) is 15.2. The lowest BCUT2D eigenvalue weighted by atomic mass is 10.2. The van der Waals surface area contributed by atoms with Crippen molar-refractivity contribution < 1.29 is 19.1 Å². The Morgan fingerprint density at radius 2 is 1.92 bits per heavy atom. The molecule has 0 aliphatic heterocycles. The smallest absolute Gasteiger partial charge is 0.413 e. The van der Waals surface area contributed by atoms with E-state index in [1.807, 2.05) is 13.8 Å². The quantitative estimate of drug-likeness (QED) is 0.785. The Morgan fingerprint density at radius 1 is 1.20 bits per heavy atom. The number of nitrogens with one attached hydrogen (secondary N) is 2. The first kappa shape index (κ1) is 18.7. The molecule has 1 aromatic heterocycles. The lowest BCUT2D eigenvalue weighted by Crippen LogP contribution is -2.17. The van der Waals surface area contributed by atoms with E-state index in [4.69, 9.17) is 9.47 Å². The second-order valence-electron chi connectivity index (χ2n) is 5.71. The third kappa shape index (κ3) is 6.42. The Labute approximate surface area is 150 Å². The largest absolute Gasteiger partial charge is 0.497 e. The van der Waals surface area contributed by atoms with E-state index in [9.17, 15) is 9.59 Å². The summed E-state index contributed by atoms with van der Waals surface area (Å²) in [5.74, 6) is 0.793. The van der Waals surface area contributed by atoms with Gasteiger partial charge in [-0.15, -0.1) is 11.3 Å². The summed E-state index contributed by atoms with van der Waals surface area (Å²) in [7, 11) is 1.58. The fourth-order valence-electron chi connectivity index (χ4n) is 1.86. The van der Waals surface area contributed by atoms with Crippen LogP contribution in [-0.4, -0.2) is 30.7 Å². The first-order chi connectivity index (χ1) is 12.0. The fourth-order valence-corrected chi connectivity index (χ4v) is 2.55. The molecule has 134 valence electrons. The molecular formula is C17H21N3O4S. The number of nitrogens with zero attached hydrogens (tertiary/aromatic N) is 1. The van der Waals surface area contributed by atoms with Crippen LogP contribution in [0, 0.1) is 5.92 Å². The average Bonchev–Trinajstić information content (AvgIpc) is 3.00. The van der Waals surface area contributed by atoms with Crippen molar-refractivity contribution in [1.82, 2.24) is 4.98 Å². The Balaban J connectivity index is 1.83. The van der Waals surface area contributed by atoms with Crippen LogP contribution in [0.15, 0.2) is 29.6 Å². The van der Waals surface area contributed by atoms with Gasteiger partial charge in [0.1, 0.15) is 5.75 Å². The van der Waals surface area contributed by atoms with E-state index in [-0.39, 0.29) is 18.2 Å². The average molecular weight is 363 g/mol. The topological polar surface area (TPSA) is 89.6 Å². The Morgan fingerprint density at radius 3 is 2.56 bits per heavy atom. The summed E-state index contributed by atoms with van der Waals surface area (Å²) >= 11 is 1.25. The molecule has 0 bridgehead atoms. The zero-order valence-electron chi connectivity index (χ0n) is 14.4. The van der Waals surface area contributed by atoms with Gasteiger partial charge in [-0.25, -0.2) is 9.78 Å². The summed E-state index contributed by atoms with van der Waals surface area (Å²) in [6.07, 6.45) is -0.428. The number of ether oxygens (including phenoxy) is 2. The monoisotopic (exact) mass is 363 g/mol. The molecule has 2 rings (SSSR count). The number of methoxy groups -OCH3 is 1. The summed E-state index contributed by atoms with van der Waals surface area (Å²) in [5.41, 5.74) is 1.26. The first-order valence-corrected chi connectivity index (χ1v) is 8.66. The number of hydrogen-bond acceptors (Lipinski definition) is 6. The molecule has 1 heterocycles. The third-order valence-electron chi connectivity index (χ3n) is 3.02. The second-order valence-corrected chi connectivity index (χ2v) is 6.57. The number of benzene rings is 1. The number of anilines is 2. The highest BCUT2D eigenvalue weighted by Crippen LogP contribution is 2.18. The maximum absolute atomic E-state index is 12.1. The van der Waals surface area contributed by atoms with Crippen LogP contribution >= 0.6 is 11.3 Å². The van der Waals surface area contributed by atoms with Crippen molar-refractivity contribution >= 4 is 34.2 Å². The van der Waals surface area contributed by atoms with E-state index >= 15 is 0 Å². The van der Waals surface area contributed by atoms with E-state index in [0.29, 0.717) is 23.1 Å².